The number of aliphatic hydroxyl groups is 3. The lowest BCUT2D eigenvalue weighted by molar-refractivity contribution is -0.174. The van der Waals surface area contributed by atoms with Crippen LogP contribution in [-0.2, 0) is 4.74 Å². The van der Waals surface area contributed by atoms with Crippen molar-refractivity contribution in [1.82, 2.24) is 0 Å². The average Bonchev–Trinajstić information content (AvgIpc) is 2.81. The zero-order chi connectivity index (χ0) is 22.3. The maximum atomic E-state index is 13.0. The molecule has 164 valence electrons. The first-order valence-electron chi connectivity index (χ1n) is 9.96. The third-order valence-corrected chi connectivity index (χ3v) is 5.47. The van der Waals surface area contributed by atoms with Crippen molar-refractivity contribution < 1.29 is 34.3 Å². The van der Waals surface area contributed by atoms with E-state index < -0.39 is 30.7 Å². The number of benzene rings is 2. The summed E-state index contributed by atoms with van der Waals surface area (Å²) >= 11 is 0. The molecule has 4 N–H and O–H groups in total. The number of hydrogen-bond donors (Lipinski definition) is 4. The molecule has 3 unspecified atom stereocenters. The first kappa shape index (κ1) is 21.3. The highest BCUT2D eigenvalue weighted by molar-refractivity contribution is 5.88. The maximum absolute atomic E-state index is 13.0. The van der Waals surface area contributed by atoms with Gasteiger partial charge < -0.3 is 34.3 Å². The predicted molar refractivity (Wildman–Crippen MR) is 112 cm³/mol. The first-order valence-corrected chi connectivity index (χ1v) is 9.96. The number of aromatic hydroxyl groups is 1. The molecule has 1 aliphatic heterocycles. The molecule has 5 atom stereocenters. The van der Waals surface area contributed by atoms with Gasteiger partial charge in [0, 0.05) is 18.6 Å². The molecular weight excluding hydrogens is 404 g/mol. The molecule has 1 aromatic heterocycles. The van der Waals surface area contributed by atoms with Gasteiger partial charge in [0.1, 0.15) is 40.9 Å². The minimum absolute atomic E-state index is 0.00645. The molecule has 0 radical (unpaired) electrons. The third-order valence-electron chi connectivity index (χ3n) is 5.47. The van der Waals surface area contributed by atoms with Gasteiger partial charge in [0.15, 0.2) is 0 Å². The molecule has 0 aliphatic carbocycles. The molecule has 3 aromatic rings. The summed E-state index contributed by atoms with van der Waals surface area (Å²) in [6.07, 6.45) is -4.37. The van der Waals surface area contributed by atoms with Gasteiger partial charge in [0.25, 0.3) is 0 Å². The van der Waals surface area contributed by atoms with E-state index in [1.165, 1.54) is 18.4 Å². The Kier molecular flexibility index (Phi) is 5.72. The van der Waals surface area contributed by atoms with Gasteiger partial charge in [-0.1, -0.05) is 29.8 Å². The Morgan fingerprint density at radius 1 is 1.06 bits per heavy atom. The van der Waals surface area contributed by atoms with Crippen LogP contribution in [0.15, 0.2) is 51.9 Å². The zero-order valence-electron chi connectivity index (χ0n) is 17.1. The molecule has 4 rings (SSSR count). The van der Waals surface area contributed by atoms with E-state index in [4.69, 9.17) is 13.9 Å². The van der Waals surface area contributed by atoms with Gasteiger partial charge >= 0.3 is 0 Å². The summed E-state index contributed by atoms with van der Waals surface area (Å²) in [6.45, 7) is 3.49. The lowest BCUT2D eigenvalue weighted by Gasteiger charge is -2.24. The van der Waals surface area contributed by atoms with E-state index in [2.05, 4.69) is 0 Å². The highest BCUT2D eigenvalue weighted by Gasteiger charge is 2.37. The van der Waals surface area contributed by atoms with Crippen LogP contribution in [0.3, 0.4) is 0 Å². The van der Waals surface area contributed by atoms with Crippen molar-refractivity contribution in [1.29, 1.82) is 0 Å². The number of aliphatic hydroxyl groups excluding tert-OH is 3. The minimum Gasteiger partial charge on any atom is -0.507 e. The number of hydrogen-bond acceptors (Lipinski definition) is 8. The Labute approximate surface area is 177 Å². The van der Waals surface area contributed by atoms with E-state index in [0.717, 1.165) is 5.56 Å². The van der Waals surface area contributed by atoms with Gasteiger partial charge in [0.05, 0.1) is 17.8 Å². The summed E-state index contributed by atoms with van der Waals surface area (Å²) in [4.78, 5) is 13.0. The maximum Gasteiger partial charge on any atom is 0.226 e. The summed E-state index contributed by atoms with van der Waals surface area (Å²) < 4.78 is 16.8. The quantitative estimate of drug-likeness (QED) is 0.499. The van der Waals surface area contributed by atoms with Gasteiger partial charge in [-0.2, -0.15) is 0 Å². The zero-order valence-corrected chi connectivity index (χ0v) is 17.1. The van der Waals surface area contributed by atoms with Crippen LogP contribution in [0.25, 0.3) is 22.1 Å². The molecule has 0 amide bonds. The molecule has 0 spiro atoms. The fourth-order valence-electron chi connectivity index (χ4n) is 3.64. The van der Waals surface area contributed by atoms with Crippen molar-refractivity contribution in [2.75, 3.05) is 0 Å². The summed E-state index contributed by atoms with van der Waals surface area (Å²) in [7, 11) is 0. The van der Waals surface area contributed by atoms with Gasteiger partial charge in [0.2, 0.25) is 11.7 Å². The van der Waals surface area contributed by atoms with Crippen LogP contribution in [0.4, 0.5) is 0 Å². The second-order valence-electron chi connectivity index (χ2n) is 7.85. The monoisotopic (exact) mass is 428 g/mol. The fourth-order valence-corrected chi connectivity index (χ4v) is 3.64. The SMILES string of the molecule is Cc1ccc(-c2coc3cc(O[C@@H]4OC(C)[C@@H](O)C(O)CC4O)cc(O)c3c2=O)cc1. The first-order chi connectivity index (χ1) is 14.7. The van der Waals surface area contributed by atoms with Gasteiger partial charge in [-0.3, -0.25) is 4.79 Å². The number of fused-ring (bicyclic) bond motifs is 1. The Bertz CT molecular complexity index is 1140. The standard InChI is InChI=1S/C23H24O8/c1-11-3-5-13(6-4-11)15-10-29-19-8-14(7-16(24)20(19)22(15)28)31-23-18(26)9-17(25)21(27)12(2)30-23/h3-8,10,12,17-18,21,23-27H,9H2,1-2H3/t12?,17?,18?,21-,23+/m1/s1. The second-order valence-corrected chi connectivity index (χ2v) is 7.85. The number of rotatable bonds is 3. The van der Waals surface area contributed by atoms with Gasteiger partial charge in [-0.25, -0.2) is 0 Å². The third kappa shape index (κ3) is 4.15. The molecule has 8 heteroatoms. The van der Waals surface area contributed by atoms with Gasteiger partial charge in [-0.05, 0) is 19.4 Å². The topological polar surface area (TPSA) is 130 Å². The van der Waals surface area contributed by atoms with Crippen LogP contribution in [-0.4, -0.2) is 51.1 Å². The van der Waals surface area contributed by atoms with Crippen LogP contribution in [0.1, 0.15) is 18.9 Å². The highest BCUT2D eigenvalue weighted by Crippen LogP contribution is 2.32. The van der Waals surface area contributed by atoms with E-state index in [1.807, 2.05) is 19.1 Å². The van der Waals surface area contributed by atoms with E-state index in [1.54, 1.807) is 19.1 Å². The van der Waals surface area contributed by atoms with Crippen molar-refractivity contribution >= 4 is 11.0 Å². The van der Waals surface area contributed by atoms with Crippen molar-refractivity contribution in [2.24, 2.45) is 0 Å². The summed E-state index contributed by atoms with van der Waals surface area (Å²) in [5.41, 5.74) is 1.75. The normalized spacial score (nSPS) is 26.5. The predicted octanol–water partition coefficient (Wildman–Crippen LogP) is 2.07. The van der Waals surface area contributed by atoms with Crippen LogP contribution in [0.5, 0.6) is 11.5 Å². The van der Waals surface area contributed by atoms with Crippen molar-refractivity contribution in [3.63, 3.8) is 0 Å². The second kappa shape index (κ2) is 8.32. The summed E-state index contributed by atoms with van der Waals surface area (Å²) in [5.74, 6) is -0.246. The molecular formula is C23H24O8. The molecule has 8 nitrogen and oxygen atoms in total. The molecule has 1 fully saturated rings. The van der Waals surface area contributed by atoms with Crippen LogP contribution < -0.4 is 10.2 Å². The lowest BCUT2D eigenvalue weighted by atomic mass is 10.0. The van der Waals surface area contributed by atoms with Crippen molar-refractivity contribution in [3.8, 4) is 22.6 Å². The van der Waals surface area contributed by atoms with E-state index in [-0.39, 0.29) is 34.3 Å². The molecule has 0 saturated carbocycles. The Morgan fingerprint density at radius 2 is 1.77 bits per heavy atom. The number of phenols is 1. The largest absolute Gasteiger partial charge is 0.507 e. The molecule has 2 heterocycles. The molecule has 0 bridgehead atoms. The molecule has 1 aliphatic rings. The smallest absolute Gasteiger partial charge is 0.226 e. The van der Waals surface area contributed by atoms with Crippen molar-refractivity contribution in [3.05, 3.63) is 58.4 Å². The average molecular weight is 428 g/mol. The fraction of sp³-hybridized carbons (Fsp3) is 0.348. The molecule has 1 saturated heterocycles. The van der Waals surface area contributed by atoms with E-state index in [0.29, 0.717) is 11.1 Å². The Morgan fingerprint density at radius 3 is 2.48 bits per heavy atom. The Hall–Kier alpha value is -2.91. The van der Waals surface area contributed by atoms with E-state index in [9.17, 15) is 25.2 Å². The van der Waals surface area contributed by atoms with Gasteiger partial charge in [-0.15, -0.1) is 0 Å². The minimum atomic E-state index is -1.22. The van der Waals surface area contributed by atoms with Crippen LogP contribution in [0.2, 0.25) is 0 Å². The summed E-state index contributed by atoms with van der Waals surface area (Å²) in [6, 6.07) is 10.0. The van der Waals surface area contributed by atoms with Crippen molar-refractivity contribution in [2.45, 2.75) is 51.0 Å². The van der Waals surface area contributed by atoms with Crippen LogP contribution >= 0.6 is 0 Å². The number of phenolic OH excluding ortho intramolecular Hbond substituents is 1. The van der Waals surface area contributed by atoms with Crippen LogP contribution in [0, 0.1) is 6.92 Å². The number of aryl methyl sites for hydroxylation is 1. The molecule has 2 aromatic carbocycles. The highest BCUT2D eigenvalue weighted by atomic mass is 16.7. The lowest BCUT2D eigenvalue weighted by Crippen LogP contribution is -2.36. The summed E-state index contributed by atoms with van der Waals surface area (Å²) in [5, 5.41) is 40.6. The van der Waals surface area contributed by atoms with E-state index >= 15 is 0 Å². The number of ether oxygens (including phenoxy) is 2. The Balaban J connectivity index is 1.67. The molecule has 31 heavy (non-hydrogen) atoms.